The van der Waals surface area contributed by atoms with Crippen LogP contribution in [0.25, 0.3) is 87.2 Å². The molecule has 0 radical (unpaired) electrons. The van der Waals surface area contributed by atoms with Crippen molar-refractivity contribution in [3.05, 3.63) is 182 Å². The van der Waals surface area contributed by atoms with Crippen molar-refractivity contribution in [2.75, 3.05) is 0 Å². The molecule has 0 atom stereocenters. The van der Waals surface area contributed by atoms with Crippen LogP contribution in [0.5, 0.6) is 0 Å². The van der Waals surface area contributed by atoms with Gasteiger partial charge in [0.2, 0.25) is 0 Å². The SMILES string of the molecule is N#Cc1ccc(-c2cc(-c3ccccc3)nc(-c3cc(-c4cccnc4)cc(-c4cccc5c4sc4c(-c6ccccc6)cccc45)c3)c2)cc1. The van der Waals surface area contributed by atoms with Gasteiger partial charge in [0.05, 0.1) is 23.0 Å². The molecule has 9 rings (SSSR count). The summed E-state index contributed by atoms with van der Waals surface area (Å²) in [4.78, 5) is 9.75. The molecule has 3 heterocycles. The third-order valence-corrected chi connectivity index (χ3v) is 10.7. The number of nitrogens with zero attached hydrogens (tertiary/aromatic N) is 3. The first-order chi connectivity index (χ1) is 25.2. The molecule has 0 aliphatic heterocycles. The number of rotatable bonds is 6. The number of hydrogen-bond donors (Lipinski definition) is 0. The molecular formula is C47H29N3S. The van der Waals surface area contributed by atoms with Gasteiger partial charge in [-0.2, -0.15) is 5.26 Å². The topological polar surface area (TPSA) is 49.6 Å². The van der Waals surface area contributed by atoms with Crippen LogP contribution in [-0.2, 0) is 0 Å². The summed E-state index contributed by atoms with van der Waals surface area (Å²) in [5.41, 5.74) is 13.4. The summed E-state index contributed by atoms with van der Waals surface area (Å²) < 4.78 is 2.55. The summed E-state index contributed by atoms with van der Waals surface area (Å²) >= 11 is 1.86. The third-order valence-electron chi connectivity index (χ3n) is 9.39. The Labute approximate surface area is 300 Å². The van der Waals surface area contributed by atoms with Gasteiger partial charge in [0.1, 0.15) is 0 Å². The van der Waals surface area contributed by atoms with E-state index < -0.39 is 0 Å². The molecule has 9 aromatic rings. The Morgan fingerprint density at radius 1 is 0.431 bits per heavy atom. The van der Waals surface area contributed by atoms with Crippen molar-refractivity contribution >= 4 is 31.5 Å². The van der Waals surface area contributed by atoms with Crippen LogP contribution in [0, 0.1) is 11.3 Å². The molecule has 4 heteroatoms. The maximum absolute atomic E-state index is 9.43. The molecule has 0 saturated carbocycles. The Morgan fingerprint density at radius 3 is 1.65 bits per heavy atom. The van der Waals surface area contributed by atoms with Crippen molar-refractivity contribution in [2.45, 2.75) is 0 Å². The van der Waals surface area contributed by atoms with Crippen LogP contribution in [0.2, 0.25) is 0 Å². The van der Waals surface area contributed by atoms with Crippen molar-refractivity contribution in [3.63, 3.8) is 0 Å². The van der Waals surface area contributed by atoms with Gasteiger partial charge in [-0.3, -0.25) is 4.98 Å². The summed E-state index contributed by atoms with van der Waals surface area (Å²) in [6.07, 6.45) is 3.73. The molecule has 0 N–H and O–H groups in total. The number of fused-ring (bicyclic) bond motifs is 3. The van der Waals surface area contributed by atoms with Crippen molar-refractivity contribution in [1.82, 2.24) is 9.97 Å². The van der Waals surface area contributed by atoms with Gasteiger partial charge in [-0.05, 0) is 87.5 Å². The fraction of sp³-hybridized carbons (Fsp3) is 0. The smallest absolute Gasteiger partial charge is 0.0991 e. The number of nitriles is 1. The zero-order valence-corrected chi connectivity index (χ0v) is 28.3. The maximum atomic E-state index is 9.43. The normalized spacial score (nSPS) is 11.1. The van der Waals surface area contributed by atoms with E-state index in [0.29, 0.717) is 5.56 Å². The van der Waals surface area contributed by atoms with Crippen molar-refractivity contribution in [1.29, 1.82) is 5.26 Å². The van der Waals surface area contributed by atoms with Crippen LogP contribution in [0.1, 0.15) is 5.56 Å². The van der Waals surface area contributed by atoms with Gasteiger partial charge in [-0.25, -0.2) is 4.98 Å². The largest absolute Gasteiger partial charge is 0.264 e. The molecule has 0 aliphatic rings. The Kier molecular flexibility index (Phi) is 7.74. The zero-order chi connectivity index (χ0) is 34.1. The maximum Gasteiger partial charge on any atom is 0.0991 e. The minimum atomic E-state index is 0.636. The molecule has 0 unspecified atom stereocenters. The van der Waals surface area contributed by atoms with Crippen LogP contribution in [0.15, 0.2) is 176 Å². The molecule has 238 valence electrons. The van der Waals surface area contributed by atoms with Gasteiger partial charge in [0, 0.05) is 49.3 Å². The second-order valence-electron chi connectivity index (χ2n) is 12.6. The minimum Gasteiger partial charge on any atom is -0.264 e. The van der Waals surface area contributed by atoms with E-state index >= 15 is 0 Å². The lowest BCUT2D eigenvalue weighted by atomic mass is 9.93. The van der Waals surface area contributed by atoms with Crippen LogP contribution in [-0.4, -0.2) is 9.97 Å². The van der Waals surface area contributed by atoms with Crippen LogP contribution >= 0.6 is 11.3 Å². The predicted molar refractivity (Wildman–Crippen MR) is 212 cm³/mol. The second kappa shape index (κ2) is 13.0. The molecule has 0 bridgehead atoms. The average molecular weight is 668 g/mol. The fourth-order valence-electron chi connectivity index (χ4n) is 6.86. The van der Waals surface area contributed by atoms with Gasteiger partial charge >= 0.3 is 0 Å². The molecule has 6 aromatic carbocycles. The van der Waals surface area contributed by atoms with E-state index in [2.05, 4.69) is 126 Å². The Bertz CT molecular complexity index is 2730. The summed E-state index contributed by atoms with van der Waals surface area (Å²) in [6, 6.07) is 59.4. The lowest BCUT2D eigenvalue weighted by Gasteiger charge is -2.14. The minimum absolute atomic E-state index is 0.636. The van der Waals surface area contributed by atoms with Crippen LogP contribution < -0.4 is 0 Å². The average Bonchev–Trinajstić information content (AvgIpc) is 3.61. The standard InChI is InChI=1S/C47H29N3S/c48-29-31-19-21-32(22-20-31)37-27-44(34-12-5-2-6-13-34)50-45(28-37)39-25-36(35-14-9-23-49-30-35)24-38(26-39)41-16-8-18-43-42-17-7-15-40(46(42)51-47(41)43)33-10-3-1-4-11-33/h1-28,30H. The molecule has 3 aromatic heterocycles. The second-order valence-corrected chi connectivity index (χ2v) is 13.6. The molecule has 0 amide bonds. The van der Waals surface area contributed by atoms with E-state index in [9.17, 15) is 5.26 Å². The van der Waals surface area contributed by atoms with E-state index in [0.717, 1.165) is 50.3 Å². The van der Waals surface area contributed by atoms with Crippen LogP contribution in [0.3, 0.4) is 0 Å². The first-order valence-electron chi connectivity index (χ1n) is 16.9. The summed E-state index contributed by atoms with van der Waals surface area (Å²) in [5.74, 6) is 0. The monoisotopic (exact) mass is 667 g/mol. The fourth-order valence-corrected chi connectivity index (χ4v) is 8.23. The molecule has 0 saturated heterocycles. The highest BCUT2D eigenvalue weighted by Crippen LogP contribution is 2.45. The summed E-state index contributed by atoms with van der Waals surface area (Å²) in [5, 5.41) is 12.0. The number of hydrogen-bond acceptors (Lipinski definition) is 4. The highest BCUT2D eigenvalue weighted by molar-refractivity contribution is 7.26. The Balaban J connectivity index is 1.27. The van der Waals surface area contributed by atoms with E-state index in [1.165, 1.54) is 36.9 Å². The van der Waals surface area contributed by atoms with Crippen LogP contribution in [0.4, 0.5) is 0 Å². The number of thiophene rings is 1. The van der Waals surface area contributed by atoms with Crippen molar-refractivity contribution in [3.8, 4) is 73.1 Å². The van der Waals surface area contributed by atoms with Crippen molar-refractivity contribution in [2.24, 2.45) is 0 Å². The van der Waals surface area contributed by atoms with Gasteiger partial charge in [-0.15, -0.1) is 11.3 Å². The molecule has 0 fully saturated rings. The summed E-state index contributed by atoms with van der Waals surface area (Å²) in [6.45, 7) is 0. The van der Waals surface area contributed by atoms with Gasteiger partial charge in [0.25, 0.3) is 0 Å². The quantitative estimate of drug-likeness (QED) is 0.177. The predicted octanol–water partition coefficient (Wildman–Crippen LogP) is 12.7. The number of pyridine rings is 2. The molecule has 0 aliphatic carbocycles. The number of aromatic nitrogens is 2. The molecule has 0 spiro atoms. The highest BCUT2D eigenvalue weighted by atomic mass is 32.1. The van der Waals surface area contributed by atoms with Gasteiger partial charge in [-0.1, -0.05) is 115 Å². The highest BCUT2D eigenvalue weighted by Gasteiger charge is 2.17. The Morgan fingerprint density at radius 2 is 1.00 bits per heavy atom. The Hall–Kier alpha value is -6.67. The van der Waals surface area contributed by atoms with Gasteiger partial charge in [0.15, 0.2) is 0 Å². The van der Waals surface area contributed by atoms with Crippen molar-refractivity contribution < 1.29 is 0 Å². The van der Waals surface area contributed by atoms with E-state index in [-0.39, 0.29) is 0 Å². The molecule has 51 heavy (non-hydrogen) atoms. The lowest BCUT2D eigenvalue weighted by Crippen LogP contribution is -1.93. The van der Waals surface area contributed by atoms with E-state index in [1.54, 1.807) is 0 Å². The first kappa shape index (κ1) is 30.4. The summed E-state index contributed by atoms with van der Waals surface area (Å²) in [7, 11) is 0. The lowest BCUT2D eigenvalue weighted by molar-refractivity contribution is 1.31. The first-order valence-corrected chi connectivity index (χ1v) is 17.7. The molecule has 3 nitrogen and oxygen atoms in total. The third kappa shape index (κ3) is 5.76. The number of benzene rings is 6. The molecular weight excluding hydrogens is 639 g/mol. The van der Waals surface area contributed by atoms with E-state index in [4.69, 9.17) is 4.98 Å². The van der Waals surface area contributed by atoms with Gasteiger partial charge < -0.3 is 0 Å². The van der Waals surface area contributed by atoms with E-state index in [1.807, 2.05) is 72.3 Å². The zero-order valence-electron chi connectivity index (χ0n) is 27.5.